The lowest BCUT2D eigenvalue weighted by Crippen LogP contribution is -1.89. The van der Waals surface area contributed by atoms with Gasteiger partial charge in [0.2, 0.25) is 0 Å². The molecule has 0 fully saturated rings. The molecule has 0 N–H and O–H groups in total. The van der Waals surface area contributed by atoms with Crippen LogP contribution in [0.2, 0.25) is 0 Å². The minimum absolute atomic E-state index is 0.0509. The Morgan fingerprint density at radius 3 is 2.87 bits per heavy atom. The van der Waals surface area contributed by atoms with E-state index in [0.29, 0.717) is 5.75 Å². The lowest BCUT2D eigenvalue weighted by Gasteiger charge is -2.04. The number of nitrogens with zero attached hydrogens (tertiary/aromatic N) is 2. The molecule has 0 aliphatic carbocycles. The number of nitro benzene ring substituents is 1. The van der Waals surface area contributed by atoms with E-state index in [0.717, 1.165) is 20.1 Å². The van der Waals surface area contributed by atoms with E-state index in [1.807, 2.05) is 0 Å². The highest BCUT2D eigenvalue weighted by molar-refractivity contribution is 8.00. The Morgan fingerprint density at radius 1 is 1.35 bits per heavy atom. The number of thiazole rings is 1. The van der Waals surface area contributed by atoms with E-state index in [1.165, 1.54) is 48.4 Å². The molecule has 2 aromatic carbocycles. The molecule has 5 nitrogen and oxygen atoms in total. The predicted octanol–water partition coefficient (Wildman–Crippen LogP) is 4.64. The maximum atomic E-state index is 13.7. The molecule has 0 bridgehead atoms. The minimum Gasteiger partial charge on any atom is -0.494 e. The fraction of sp³-hybridized carbons (Fsp3) is 0.133. The van der Waals surface area contributed by atoms with Gasteiger partial charge in [0.1, 0.15) is 0 Å². The third kappa shape index (κ3) is 3.43. The van der Waals surface area contributed by atoms with Gasteiger partial charge in [0, 0.05) is 17.9 Å². The summed E-state index contributed by atoms with van der Waals surface area (Å²) in [6.45, 7) is 0. The number of nitro groups is 1. The van der Waals surface area contributed by atoms with Crippen LogP contribution in [0.4, 0.5) is 10.1 Å². The van der Waals surface area contributed by atoms with Crippen molar-refractivity contribution in [2.75, 3.05) is 7.11 Å². The second-order valence-corrected chi connectivity index (χ2v) is 6.90. The van der Waals surface area contributed by atoms with Crippen LogP contribution in [0.15, 0.2) is 40.7 Å². The number of methoxy groups -OCH3 is 1. The van der Waals surface area contributed by atoms with Gasteiger partial charge in [0.15, 0.2) is 15.9 Å². The molecule has 0 spiro atoms. The monoisotopic (exact) mass is 350 g/mol. The maximum absolute atomic E-state index is 13.7. The van der Waals surface area contributed by atoms with Crippen LogP contribution in [0.25, 0.3) is 10.2 Å². The number of rotatable bonds is 5. The van der Waals surface area contributed by atoms with Crippen molar-refractivity contribution >= 4 is 39.0 Å². The first-order valence-corrected chi connectivity index (χ1v) is 8.37. The molecule has 3 rings (SSSR count). The second-order valence-electron chi connectivity index (χ2n) is 4.65. The molecule has 0 unspecified atom stereocenters. The van der Waals surface area contributed by atoms with Gasteiger partial charge in [-0.3, -0.25) is 10.1 Å². The summed E-state index contributed by atoms with van der Waals surface area (Å²) < 4.78 is 20.1. The van der Waals surface area contributed by atoms with Gasteiger partial charge in [-0.05, 0) is 23.8 Å². The Labute approximate surface area is 139 Å². The van der Waals surface area contributed by atoms with Crippen LogP contribution in [-0.2, 0) is 5.75 Å². The number of benzene rings is 2. The van der Waals surface area contributed by atoms with Gasteiger partial charge in [-0.15, -0.1) is 11.3 Å². The summed E-state index contributed by atoms with van der Waals surface area (Å²) in [6, 6.07) is 9.42. The van der Waals surface area contributed by atoms with Crippen molar-refractivity contribution in [3.05, 3.63) is 57.9 Å². The van der Waals surface area contributed by atoms with E-state index in [2.05, 4.69) is 4.98 Å². The molecule has 0 aliphatic rings. The Balaban J connectivity index is 1.76. The number of hydrogen-bond donors (Lipinski definition) is 0. The zero-order valence-corrected chi connectivity index (χ0v) is 13.6. The number of thioether (sulfide) groups is 1. The molecule has 0 atom stereocenters. The Kier molecular flexibility index (Phi) is 4.44. The molecule has 23 heavy (non-hydrogen) atoms. The van der Waals surface area contributed by atoms with E-state index in [4.69, 9.17) is 4.74 Å². The molecule has 0 aliphatic heterocycles. The number of fused-ring (bicyclic) bond motifs is 1. The topological polar surface area (TPSA) is 65.3 Å². The highest BCUT2D eigenvalue weighted by Crippen LogP contribution is 2.33. The van der Waals surface area contributed by atoms with E-state index < -0.39 is 10.7 Å². The molecule has 0 amide bonds. The highest BCUT2D eigenvalue weighted by atomic mass is 32.2. The third-order valence-electron chi connectivity index (χ3n) is 3.14. The average Bonchev–Trinajstić information content (AvgIpc) is 2.95. The zero-order chi connectivity index (χ0) is 16.4. The molecular weight excluding hydrogens is 339 g/mol. The van der Waals surface area contributed by atoms with Crippen LogP contribution < -0.4 is 4.74 Å². The number of non-ortho nitro benzene ring substituents is 1. The number of hydrogen-bond acceptors (Lipinski definition) is 6. The maximum Gasteiger partial charge on any atom is 0.270 e. The first-order chi connectivity index (χ1) is 11.1. The summed E-state index contributed by atoms with van der Waals surface area (Å²) >= 11 is 2.85. The normalized spacial score (nSPS) is 10.9. The molecule has 1 aromatic heterocycles. The average molecular weight is 350 g/mol. The van der Waals surface area contributed by atoms with Crippen molar-refractivity contribution < 1.29 is 14.1 Å². The van der Waals surface area contributed by atoms with Gasteiger partial charge < -0.3 is 4.74 Å². The predicted molar refractivity (Wildman–Crippen MR) is 88.8 cm³/mol. The minimum atomic E-state index is -0.424. The number of halogens is 1. The number of aromatic nitrogens is 1. The van der Waals surface area contributed by atoms with Crippen LogP contribution >= 0.6 is 23.1 Å². The van der Waals surface area contributed by atoms with E-state index in [9.17, 15) is 14.5 Å². The quantitative estimate of drug-likeness (QED) is 0.381. The van der Waals surface area contributed by atoms with Gasteiger partial charge in [0.05, 0.1) is 22.2 Å². The summed E-state index contributed by atoms with van der Waals surface area (Å²) in [5.74, 6) is 0.375. The summed E-state index contributed by atoms with van der Waals surface area (Å²) in [4.78, 5) is 14.8. The summed E-state index contributed by atoms with van der Waals surface area (Å²) in [7, 11) is 1.42. The summed E-state index contributed by atoms with van der Waals surface area (Å²) in [5.41, 5.74) is 1.59. The smallest absolute Gasteiger partial charge is 0.270 e. The first-order valence-electron chi connectivity index (χ1n) is 6.57. The summed E-state index contributed by atoms with van der Waals surface area (Å²) in [5, 5.41) is 10.8. The molecule has 3 aromatic rings. The fourth-order valence-corrected chi connectivity index (χ4v) is 4.06. The molecule has 0 saturated heterocycles. The zero-order valence-electron chi connectivity index (χ0n) is 12.0. The van der Waals surface area contributed by atoms with Crippen molar-refractivity contribution in [1.82, 2.24) is 4.98 Å². The molecule has 1 heterocycles. The van der Waals surface area contributed by atoms with Crippen LogP contribution in [0, 0.1) is 15.9 Å². The Morgan fingerprint density at radius 2 is 2.17 bits per heavy atom. The van der Waals surface area contributed by atoms with Gasteiger partial charge >= 0.3 is 0 Å². The van der Waals surface area contributed by atoms with Gasteiger partial charge in [-0.1, -0.05) is 17.8 Å². The molecular formula is C15H11FN2O3S2. The SMILES string of the molecule is COc1ccc(CSc2nc3ccc([N+](=O)[O-])cc3s2)cc1F. The lowest BCUT2D eigenvalue weighted by molar-refractivity contribution is -0.384. The van der Waals surface area contributed by atoms with Crippen LogP contribution in [0.1, 0.15) is 5.56 Å². The van der Waals surface area contributed by atoms with E-state index in [-0.39, 0.29) is 11.4 Å². The van der Waals surface area contributed by atoms with Crippen molar-refractivity contribution in [3.63, 3.8) is 0 Å². The second kappa shape index (κ2) is 6.51. The fourth-order valence-electron chi connectivity index (χ4n) is 2.01. The van der Waals surface area contributed by atoms with E-state index >= 15 is 0 Å². The van der Waals surface area contributed by atoms with Gasteiger partial charge in [-0.25, -0.2) is 9.37 Å². The van der Waals surface area contributed by atoms with E-state index in [1.54, 1.807) is 18.2 Å². The van der Waals surface area contributed by atoms with Crippen molar-refractivity contribution in [2.45, 2.75) is 10.1 Å². The van der Waals surface area contributed by atoms with Gasteiger partial charge in [-0.2, -0.15) is 0 Å². The molecule has 118 valence electrons. The number of ether oxygens (including phenoxy) is 1. The van der Waals surface area contributed by atoms with Crippen LogP contribution in [0.5, 0.6) is 5.75 Å². The molecule has 0 saturated carbocycles. The van der Waals surface area contributed by atoms with Crippen molar-refractivity contribution in [3.8, 4) is 5.75 Å². The lowest BCUT2D eigenvalue weighted by atomic mass is 10.2. The third-order valence-corrected chi connectivity index (χ3v) is 5.37. The largest absolute Gasteiger partial charge is 0.494 e. The van der Waals surface area contributed by atoms with Crippen molar-refractivity contribution in [2.24, 2.45) is 0 Å². The molecule has 0 radical (unpaired) electrons. The standard InChI is InChI=1S/C15H11FN2O3S2/c1-21-13-5-2-9(6-11(13)16)8-22-15-17-12-4-3-10(18(19)20)7-14(12)23-15/h2-7H,8H2,1H3. The van der Waals surface area contributed by atoms with Crippen LogP contribution in [-0.4, -0.2) is 17.0 Å². The Bertz CT molecular complexity index is 882. The summed E-state index contributed by atoms with van der Waals surface area (Å²) in [6.07, 6.45) is 0. The Hall–Kier alpha value is -2.19. The van der Waals surface area contributed by atoms with Crippen LogP contribution in [0.3, 0.4) is 0 Å². The molecule has 8 heteroatoms. The highest BCUT2D eigenvalue weighted by Gasteiger charge is 2.11. The first kappa shape index (κ1) is 15.7. The van der Waals surface area contributed by atoms with Crippen molar-refractivity contribution in [1.29, 1.82) is 0 Å². The van der Waals surface area contributed by atoms with Gasteiger partial charge in [0.25, 0.3) is 5.69 Å².